The number of nitrogens with zero attached hydrogens (tertiary/aromatic N) is 5. The lowest BCUT2D eigenvalue weighted by molar-refractivity contribution is 0.0510. The molecule has 106 valence electrons. The number of ether oxygens (including phenoxy) is 1. The van der Waals surface area contributed by atoms with Gasteiger partial charge in [0.1, 0.15) is 12.7 Å². The highest BCUT2D eigenvalue weighted by atomic mass is 16.5. The minimum absolute atomic E-state index is 0.255. The van der Waals surface area contributed by atoms with Crippen LogP contribution in [0.15, 0.2) is 49.3 Å². The van der Waals surface area contributed by atoms with Gasteiger partial charge in [-0.05, 0) is 31.2 Å². The van der Waals surface area contributed by atoms with Crippen molar-refractivity contribution in [2.24, 2.45) is 0 Å². The molecule has 0 saturated carbocycles. The van der Waals surface area contributed by atoms with E-state index in [-0.39, 0.29) is 5.82 Å². The summed E-state index contributed by atoms with van der Waals surface area (Å²) in [5.74, 6) is -0.187. The Hall–Kier alpha value is -2.96. The minimum atomic E-state index is -0.442. The van der Waals surface area contributed by atoms with Crippen molar-refractivity contribution in [3.05, 3.63) is 55.1 Å². The summed E-state index contributed by atoms with van der Waals surface area (Å²) in [6.07, 6.45) is 6.38. The molecule has 0 aliphatic heterocycles. The first kappa shape index (κ1) is 13.0. The van der Waals surface area contributed by atoms with E-state index in [2.05, 4.69) is 15.1 Å². The maximum Gasteiger partial charge on any atom is 0.374 e. The summed E-state index contributed by atoms with van der Waals surface area (Å²) in [5, 5.41) is 4.06. The third kappa shape index (κ3) is 2.53. The lowest BCUT2D eigenvalue weighted by Gasteiger charge is -2.08. The number of hydrogen-bond donors (Lipinski definition) is 0. The topological polar surface area (TPSA) is 74.8 Å². The van der Waals surface area contributed by atoms with Crippen LogP contribution in [0.1, 0.15) is 17.5 Å². The van der Waals surface area contributed by atoms with E-state index in [1.807, 2.05) is 24.3 Å². The summed E-state index contributed by atoms with van der Waals surface area (Å²) in [7, 11) is 0. The lowest BCUT2D eigenvalue weighted by Crippen LogP contribution is -2.12. The molecule has 3 aromatic rings. The Balaban J connectivity index is 1.91. The maximum atomic E-state index is 11.8. The molecule has 0 saturated heterocycles. The zero-order chi connectivity index (χ0) is 14.7. The Morgan fingerprint density at radius 3 is 2.67 bits per heavy atom. The van der Waals surface area contributed by atoms with E-state index in [9.17, 15) is 4.79 Å². The van der Waals surface area contributed by atoms with Crippen LogP contribution >= 0.6 is 0 Å². The maximum absolute atomic E-state index is 11.8. The van der Waals surface area contributed by atoms with Crippen molar-refractivity contribution in [3.63, 3.8) is 0 Å². The highest BCUT2D eigenvalue weighted by Crippen LogP contribution is 2.14. The highest BCUT2D eigenvalue weighted by Gasteiger charge is 2.14. The first-order valence-corrected chi connectivity index (χ1v) is 6.45. The normalized spacial score (nSPS) is 10.5. The predicted molar refractivity (Wildman–Crippen MR) is 74.4 cm³/mol. The predicted octanol–water partition coefficient (Wildman–Crippen LogP) is 1.63. The average Bonchev–Trinajstić information content (AvgIpc) is 3.19. The molecular formula is C14H13N5O2. The number of carbonyl (C=O) groups excluding carboxylic acids is 1. The van der Waals surface area contributed by atoms with Crippen LogP contribution in [0.2, 0.25) is 0 Å². The first-order chi connectivity index (χ1) is 10.3. The average molecular weight is 283 g/mol. The van der Waals surface area contributed by atoms with Crippen molar-refractivity contribution < 1.29 is 9.53 Å². The molecule has 0 bridgehead atoms. The van der Waals surface area contributed by atoms with Crippen LogP contribution in [0.3, 0.4) is 0 Å². The minimum Gasteiger partial charge on any atom is -0.460 e. The van der Waals surface area contributed by atoms with Crippen LogP contribution in [0.25, 0.3) is 11.4 Å². The Kier molecular flexibility index (Phi) is 3.46. The summed E-state index contributed by atoms with van der Waals surface area (Å²) in [5.41, 5.74) is 1.70. The van der Waals surface area contributed by atoms with E-state index >= 15 is 0 Å². The van der Waals surface area contributed by atoms with E-state index in [0.717, 1.165) is 11.4 Å². The monoisotopic (exact) mass is 283 g/mol. The molecule has 0 spiro atoms. The molecule has 7 nitrogen and oxygen atoms in total. The van der Waals surface area contributed by atoms with Gasteiger partial charge in [-0.15, -0.1) is 0 Å². The zero-order valence-corrected chi connectivity index (χ0v) is 11.4. The molecule has 7 heteroatoms. The van der Waals surface area contributed by atoms with Gasteiger partial charge in [0.15, 0.2) is 0 Å². The van der Waals surface area contributed by atoms with Gasteiger partial charge in [0.25, 0.3) is 0 Å². The number of rotatable bonds is 4. The van der Waals surface area contributed by atoms with E-state index in [4.69, 9.17) is 4.74 Å². The van der Waals surface area contributed by atoms with Crippen molar-refractivity contribution in [2.75, 3.05) is 6.61 Å². The largest absolute Gasteiger partial charge is 0.460 e. The quantitative estimate of drug-likeness (QED) is 0.680. The fourth-order valence-electron chi connectivity index (χ4n) is 1.97. The van der Waals surface area contributed by atoms with Gasteiger partial charge in [-0.3, -0.25) is 4.57 Å². The van der Waals surface area contributed by atoms with Crippen molar-refractivity contribution in [1.82, 2.24) is 24.3 Å². The molecule has 0 N–H and O–H groups in total. The molecular weight excluding hydrogens is 270 g/mol. The number of benzene rings is 1. The van der Waals surface area contributed by atoms with Gasteiger partial charge in [0, 0.05) is 18.1 Å². The number of imidazole rings is 1. The Morgan fingerprint density at radius 1 is 1.24 bits per heavy atom. The number of aromatic nitrogens is 5. The second-order valence-corrected chi connectivity index (χ2v) is 4.20. The molecule has 1 aromatic carbocycles. The second kappa shape index (κ2) is 5.58. The van der Waals surface area contributed by atoms with Crippen molar-refractivity contribution in [2.45, 2.75) is 6.92 Å². The van der Waals surface area contributed by atoms with Crippen molar-refractivity contribution in [1.29, 1.82) is 0 Å². The summed E-state index contributed by atoms with van der Waals surface area (Å²) in [4.78, 5) is 19.8. The van der Waals surface area contributed by atoms with Gasteiger partial charge in [0.05, 0.1) is 12.3 Å². The lowest BCUT2D eigenvalue weighted by atomic mass is 10.3. The number of carbonyl (C=O) groups is 1. The van der Waals surface area contributed by atoms with Crippen LogP contribution in [-0.2, 0) is 4.74 Å². The molecule has 0 radical (unpaired) electrons. The highest BCUT2D eigenvalue weighted by molar-refractivity contribution is 5.86. The third-order valence-electron chi connectivity index (χ3n) is 2.91. The second-order valence-electron chi connectivity index (χ2n) is 4.20. The summed E-state index contributed by atoms with van der Waals surface area (Å²) < 4.78 is 8.33. The van der Waals surface area contributed by atoms with Crippen LogP contribution in [-0.4, -0.2) is 36.9 Å². The zero-order valence-electron chi connectivity index (χ0n) is 11.4. The molecule has 0 fully saturated rings. The Morgan fingerprint density at radius 2 is 2.00 bits per heavy atom. The molecule has 3 rings (SSSR count). The molecule has 0 aliphatic carbocycles. The standard InChI is InChI=1S/C14H13N5O2/c1-2-21-14(20)13-16-7-8-18(13)11-3-5-12(6-4-11)19-10-15-9-17-19/h3-10H,2H2,1H3. The van der Waals surface area contributed by atoms with E-state index < -0.39 is 5.97 Å². The Labute approximate surface area is 120 Å². The number of esters is 1. The molecule has 21 heavy (non-hydrogen) atoms. The molecule has 0 amide bonds. The fourth-order valence-corrected chi connectivity index (χ4v) is 1.97. The SMILES string of the molecule is CCOC(=O)c1nccn1-c1ccc(-n2cncn2)cc1. The van der Waals surface area contributed by atoms with E-state index in [1.54, 1.807) is 34.9 Å². The van der Waals surface area contributed by atoms with Crippen LogP contribution in [0, 0.1) is 0 Å². The summed E-state index contributed by atoms with van der Waals surface area (Å²) >= 11 is 0. The van der Waals surface area contributed by atoms with Crippen LogP contribution < -0.4 is 0 Å². The molecule has 0 atom stereocenters. The Bertz CT molecular complexity index is 731. The van der Waals surface area contributed by atoms with Gasteiger partial charge in [-0.25, -0.2) is 19.4 Å². The van der Waals surface area contributed by atoms with Gasteiger partial charge in [-0.2, -0.15) is 5.10 Å². The molecule has 0 unspecified atom stereocenters. The smallest absolute Gasteiger partial charge is 0.374 e. The van der Waals surface area contributed by atoms with Gasteiger partial charge in [0.2, 0.25) is 5.82 Å². The van der Waals surface area contributed by atoms with Crippen molar-refractivity contribution >= 4 is 5.97 Å². The van der Waals surface area contributed by atoms with Gasteiger partial charge in [-0.1, -0.05) is 0 Å². The van der Waals surface area contributed by atoms with Crippen LogP contribution in [0.5, 0.6) is 0 Å². The molecule has 2 heterocycles. The molecule has 2 aromatic heterocycles. The van der Waals surface area contributed by atoms with E-state index in [1.165, 1.54) is 6.33 Å². The first-order valence-electron chi connectivity index (χ1n) is 6.45. The fraction of sp³-hybridized carbons (Fsp3) is 0.143. The van der Waals surface area contributed by atoms with E-state index in [0.29, 0.717) is 6.61 Å². The summed E-state index contributed by atoms with van der Waals surface area (Å²) in [6, 6.07) is 7.53. The van der Waals surface area contributed by atoms with Crippen LogP contribution in [0.4, 0.5) is 0 Å². The summed E-state index contributed by atoms with van der Waals surface area (Å²) in [6.45, 7) is 2.08. The molecule has 0 aliphatic rings. The van der Waals surface area contributed by atoms with Crippen molar-refractivity contribution in [3.8, 4) is 11.4 Å². The van der Waals surface area contributed by atoms with Gasteiger partial charge < -0.3 is 4.74 Å². The number of hydrogen-bond acceptors (Lipinski definition) is 5. The third-order valence-corrected chi connectivity index (χ3v) is 2.91. The van der Waals surface area contributed by atoms with Gasteiger partial charge >= 0.3 is 5.97 Å².